The summed E-state index contributed by atoms with van der Waals surface area (Å²) in [6, 6.07) is 9.82. The Morgan fingerprint density at radius 3 is 2.89 bits per heavy atom. The molecule has 0 bridgehead atoms. The van der Waals surface area contributed by atoms with Gasteiger partial charge in [-0.05, 0) is 22.4 Å². The second-order valence-electron chi connectivity index (χ2n) is 4.19. The molecular weight excluding hydrogens is 244 g/mol. The standard InChI is InChI=1S/C14H12N2OS/c15-12-8-16(6-5-13(12)17)7-10-9-18-14-4-2-1-3-11(10)14/h1-6,8-9H,7,15H2. The third kappa shape index (κ3) is 1.91. The summed E-state index contributed by atoms with van der Waals surface area (Å²) in [7, 11) is 0. The van der Waals surface area contributed by atoms with Gasteiger partial charge in [-0.15, -0.1) is 11.3 Å². The summed E-state index contributed by atoms with van der Waals surface area (Å²) in [5.74, 6) is 0. The minimum Gasteiger partial charge on any atom is -0.394 e. The third-order valence-corrected chi connectivity index (χ3v) is 3.93. The quantitative estimate of drug-likeness (QED) is 0.766. The van der Waals surface area contributed by atoms with Crippen LogP contribution in [0.4, 0.5) is 5.69 Å². The number of aromatic nitrogens is 1. The van der Waals surface area contributed by atoms with Crippen LogP contribution in [0.3, 0.4) is 0 Å². The second kappa shape index (κ2) is 4.31. The number of fused-ring (bicyclic) bond motifs is 1. The van der Waals surface area contributed by atoms with Crippen LogP contribution in [0.25, 0.3) is 10.1 Å². The number of pyridine rings is 1. The number of rotatable bonds is 2. The molecule has 3 nitrogen and oxygen atoms in total. The van der Waals surface area contributed by atoms with E-state index >= 15 is 0 Å². The molecule has 0 saturated carbocycles. The lowest BCUT2D eigenvalue weighted by molar-refractivity contribution is 0.798. The summed E-state index contributed by atoms with van der Waals surface area (Å²) >= 11 is 1.73. The number of nitrogen functional groups attached to an aromatic ring is 1. The van der Waals surface area contributed by atoms with Crippen molar-refractivity contribution in [2.24, 2.45) is 0 Å². The van der Waals surface area contributed by atoms with E-state index in [-0.39, 0.29) is 11.1 Å². The number of benzene rings is 1. The Bertz CT molecular complexity index is 758. The van der Waals surface area contributed by atoms with Crippen LogP contribution in [0.5, 0.6) is 0 Å². The zero-order valence-electron chi connectivity index (χ0n) is 9.67. The highest BCUT2D eigenvalue weighted by Gasteiger charge is 2.04. The monoisotopic (exact) mass is 256 g/mol. The van der Waals surface area contributed by atoms with Crippen molar-refractivity contribution in [3.63, 3.8) is 0 Å². The highest BCUT2D eigenvalue weighted by atomic mass is 32.1. The van der Waals surface area contributed by atoms with Crippen LogP contribution in [0, 0.1) is 0 Å². The molecule has 3 rings (SSSR count). The van der Waals surface area contributed by atoms with Gasteiger partial charge in [0.1, 0.15) is 0 Å². The summed E-state index contributed by atoms with van der Waals surface area (Å²) < 4.78 is 3.21. The van der Waals surface area contributed by atoms with E-state index in [0.29, 0.717) is 0 Å². The summed E-state index contributed by atoms with van der Waals surface area (Å²) in [6.45, 7) is 0.731. The molecule has 4 heteroatoms. The highest BCUT2D eigenvalue weighted by molar-refractivity contribution is 7.17. The van der Waals surface area contributed by atoms with Crippen LogP contribution >= 0.6 is 11.3 Å². The topological polar surface area (TPSA) is 48.0 Å². The van der Waals surface area contributed by atoms with E-state index in [1.54, 1.807) is 23.7 Å². The first-order valence-electron chi connectivity index (χ1n) is 5.65. The van der Waals surface area contributed by atoms with E-state index in [2.05, 4.69) is 17.5 Å². The SMILES string of the molecule is Nc1cn(Cc2csc3ccccc23)ccc1=O. The van der Waals surface area contributed by atoms with Crippen LogP contribution in [0.1, 0.15) is 5.56 Å². The first kappa shape index (κ1) is 11.0. The van der Waals surface area contributed by atoms with Crippen molar-refractivity contribution in [3.05, 3.63) is 63.9 Å². The predicted octanol–water partition coefficient (Wildman–Crippen LogP) is 2.69. The highest BCUT2D eigenvalue weighted by Crippen LogP contribution is 2.26. The van der Waals surface area contributed by atoms with Gasteiger partial charge in [0.15, 0.2) is 0 Å². The van der Waals surface area contributed by atoms with Crippen molar-refractivity contribution in [1.82, 2.24) is 4.57 Å². The van der Waals surface area contributed by atoms with E-state index in [0.717, 1.165) is 6.54 Å². The van der Waals surface area contributed by atoms with E-state index in [4.69, 9.17) is 5.73 Å². The Kier molecular flexibility index (Phi) is 2.64. The molecule has 2 aromatic heterocycles. The van der Waals surface area contributed by atoms with Gasteiger partial charge in [-0.2, -0.15) is 0 Å². The lowest BCUT2D eigenvalue weighted by Crippen LogP contribution is -2.11. The molecule has 0 aliphatic heterocycles. The minimum atomic E-state index is -0.124. The molecule has 3 aromatic rings. The van der Waals surface area contributed by atoms with Crippen LogP contribution in [0.15, 0.2) is 52.9 Å². The van der Waals surface area contributed by atoms with Gasteiger partial charge in [-0.1, -0.05) is 18.2 Å². The fraction of sp³-hybridized carbons (Fsp3) is 0.0714. The fourth-order valence-electron chi connectivity index (χ4n) is 2.00. The Morgan fingerprint density at radius 2 is 2.06 bits per heavy atom. The lowest BCUT2D eigenvalue weighted by Gasteiger charge is -2.06. The smallest absolute Gasteiger partial charge is 0.204 e. The molecule has 0 amide bonds. The maximum atomic E-state index is 11.2. The molecule has 0 unspecified atom stereocenters. The van der Waals surface area contributed by atoms with Crippen molar-refractivity contribution in [1.29, 1.82) is 0 Å². The second-order valence-corrected chi connectivity index (χ2v) is 5.11. The first-order valence-corrected chi connectivity index (χ1v) is 6.53. The Hall–Kier alpha value is -2.07. The molecule has 2 heterocycles. The van der Waals surface area contributed by atoms with Gasteiger partial charge in [0.25, 0.3) is 0 Å². The maximum absolute atomic E-state index is 11.2. The zero-order valence-corrected chi connectivity index (χ0v) is 10.5. The van der Waals surface area contributed by atoms with E-state index in [9.17, 15) is 4.79 Å². The summed E-state index contributed by atoms with van der Waals surface area (Å²) in [5, 5.41) is 3.42. The molecular formula is C14H12N2OS. The van der Waals surface area contributed by atoms with Gasteiger partial charge in [-0.3, -0.25) is 4.79 Å². The van der Waals surface area contributed by atoms with Crippen molar-refractivity contribution in [3.8, 4) is 0 Å². The molecule has 0 saturated heterocycles. The predicted molar refractivity (Wildman–Crippen MR) is 76.0 cm³/mol. The van der Waals surface area contributed by atoms with E-state index < -0.39 is 0 Å². The van der Waals surface area contributed by atoms with Crippen molar-refractivity contribution >= 4 is 27.1 Å². The number of thiophene rings is 1. The normalized spacial score (nSPS) is 10.9. The van der Waals surface area contributed by atoms with Crippen molar-refractivity contribution < 1.29 is 0 Å². The van der Waals surface area contributed by atoms with Crippen LogP contribution in [-0.2, 0) is 6.54 Å². The number of anilines is 1. The number of nitrogens with two attached hydrogens (primary N) is 1. The van der Waals surface area contributed by atoms with Crippen molar-refractivity contribution in [2.45, 2.75) is 6.54 Å². The number of nitrogens with zero attached hydrogens (tertiary/aromatic N) is 1. The Labute approximate surface area is 108 Å². The largest absolute Gasteiger partial charge is 0.394 e. The molecule has 0 spiro atoms. The molecule has 0 radical (unpaired) electrons. The van der Waals surface area contributed by atoms with Gasteiger partial charge in [0.2, 0.25) is 5.43 Å². The van der Waals surface area contributed by atoms with Gasteiger partial charge < -0.3 is 10.3 Å². The van der Waals surface area contributed by atoms with E-state index in [1.807, 2.05) is 16.7 Å². The fourth-order valence-corrected chi connectivity index (χ4v) is 2.95. The molecule has 0 atom stereocenters. The van der Waals surface area contributed by atoms with Crippen LogP contribution in [0.2, 0.25) is 0 Å². The first-order chi connectivity index (χ1) is 8.74. The molecule has 0 fully saturated rings. The molecule has 2 N–H and O–H groups in total. The van der Waals surface area contributed by atoms with Crippen LogP contribution in [-0.4, -0.2) is 4.57 Å². The number of hydrogen-bond acceptors (Lipinski definition) is 3. The molecule has 1 aromatic carbocycles. The molecule has 0 aliphatic rings. The summed E-state index contributed by atoms with van der Waals surface area (Å²) in [5.41, 5.74) is 7.05. The molecule has 18 heavy (non-hydrogen) atoms. The molecule has 90 valence electrons. The average Bonchev–Trinajstić information content (AvgIpc) is 2.78. The lowest BCUT2D eigenvalue weighted by atomic mass is 10.2. The van der Waals surface area contributed by atoms with Crippen LogP contribution < -0.4 is 11.2 Å². The van der Waals surface area contributed by atoms with E-state index in [1.165, 1.54) is 21.7 Å². The van der Waals surface area contributed by atoms with Gasteiger partial charge >= 0.3 is 0 Å². The van der Waals surface area contributed by atoms with Gasteiger partial charge in [0, 0.05) is 29.7 Å². The molecule has 0 aliphatic carbocycles. The zero-order chi connectivity index (χ0) is 12.5. The van der Waals surface area contributed by atoms with Gasteiger partial charge in [-0.25, -0.2) is 0 Å². The average molecular weight is 256 g/mol. The Balaban J connectivity index is 2.01. The number of hydrogen-bond donors (Lipinski definition) is 1. The van der Waals surface area contributed by atoms with Gasteiger partial charge in [0.05, 0.1) is 5.69 Å². The van der Waals surface area contributed by atoms with Crippen molar-refractivity contribution in [2.75, 3.05) is 5.73 Å². The summed E-state index contributed by atoms with van der Waals surface area (Å²) in [4.78, 5) is 11.2. The summed E-state index contributed by atoms with van der Waals surface area (Å²) in [6.07, 6.45) is 3.46. The Morgan fingerprint density at radius 1 is 1.22 bits per heavy atom. The third-order valence-electron chi connectivity index (χ3n) is 2.92. The minimum absolute atomic E-state index is 0.124. The maximum Gasteiger partial charge on any atom is 0.204 e.